The third-order valence-electron chi connectivity index (χ3n) is 2.81. The average molecular weight is 266 g/mol. The van der Waals surface area contributed by atoms with Crippen molar-refractivity contribution in [3.63, 3.8) is 0 Å². The van der Waals surface area contributed by atoms with Crippen LogP contribution < -0.4 is 5.32 Å². The SMILES string of the molecule is O=C(O)c1ccc2c(Nc3cccnc3)ncnc2c1. The molecule has 98 valence electrons. The molecule has 0 saturated carbocycles. The summed E-state index contributed by atoms with van der Waals surface area (Å²) in [6, 6.07) is 8.43. The minimum Gasteiger partial charge on any atom is -0.478 e. The summed E-state index contributed by atoms with van der Waals surface area (Å²) >= 11 is 0. The molecule has 0 aliphatic heterocycles. The van der Waals surface area contributed by atoms with E-state index in [9.17, 15) is 4.79 Å². The number of nitrogens with one attached hydrogen (secondary N) is 1. The van der Waals surface area contributed by atoms with E-state index in [0.717, 1.165) is 11.1 Å². The van der Waals surface area contributed by atoms with Gasteiger partial charge < -0.3 is 10.4 Å². The molecular formula is C14H10N4O2. The fraction of sp³-hybridized carbons (Fsp3) is 0. The number of carboxylic acid groups (broad SMARTS) is 1. The maximum absolute atomic E-state index is 11.0. The molecule has 0 unspecified atom stereocenters. The van der Waals surface area contributed by atoms with Crippen LogP contribution in [0.15, 0.2) is 49.1 Å². The molecule has 0 aliphatic carbocycles. The normalized spacial score (nSPS) is 10.4. The van der Waals surface area contributed by atoms with Crippen LogP contribution in [0.4, 0.5) is 11.5 Å². The molecule has 2 N–H and O–H groups in total. The highest BCUT2D eigenvalue weighted by molar-refractivity contribution is 5.96. The number of aromatic carboxylic acids is 1. The maximum atomic E-state index is 11.0. The summed E-state index contributed by atoms with van der Waals surface area (Å²) in [7, 11) is 0. The van der Waals surface area contributed by atoms with E-state index < -0.39 is 5.97 Å². The number of rotatable bonds is 3. The van der Waals surface area contributed by atoms with Crippen LogP contribution in [-0.2, 0) is 0 Å². The van der Waals surface area contributed by atoms with Gasteiger partial charge in [0.05, 0.1) is 23.0 Å². The van der Waals surface area contributed by atoms with E-state index in [4.69, 9.17) is 5.11 Å². The van der Waals surface area contributed by atoms with Crippen molar-refractivity contribution >= 4 is 28.4 Å². The molecule has 1 aromatic carbocycles. The molecule has 20 heavy (non-hydrogen) atoms. The van der Waals surface area contributed by atoms with Gasteiger partial charge in [-0.3, -0.25) is 4.98 Å². The first-order chi connectivity index (χ1) is 9.74. The van der Waals surface area contributed by atoms with Crippen molar-refractivity contribution < 1.29 is 9.90 Å². The van der Waals surface area contributed by atoms with Gasteiger partial charge in [0, 0.05) is 11.6 Å². The number of hydrogen-bond acceptors (Lipinski definition) is 5. The Balaban J connectivity index is 2.06. The Morgan fingerprint density at radius 1 is 1.20 bits per heavy atom. The minimum atomic E-state index is -0.979. The molecule has 0 spiro atoms. The second-order valence-electron chi connectivity index (χ2n) is 4.13. The fourth-order valence-electron chi connectivity index (χ4n) is 1.86. The summed E-state index contributed by atoms with van der Waals surface area (Å²) in [5.74, 6) is -0.368. The lowest BCUT2D eigenvalue weighted by atomic mass is 10.1. The lowest BCUT2D eigenvalue weighted by molar-refractivity contribution is 0.0697. The van der Waals surface area contributed by atoms with Gasteiger partial charge in [-0.25, -0.2) is 14.8 Å². The number of anilines is 2. The van der Waals surface area contributed by atoms with Gasteiger partial charge in [0.25, 0.3) is 0 Å². The zero-order valence-corrected chi connectivity index (χ0v) is 10.3. The minimum absolute atomic E-state index is 0.198. The highest BCUT2D eigenvalue weighted by Gasteiger charge is 2.08. The number of fused-ring (bicyclic) bond motifs is 1. The first-order valence-corrected chi connectivity index (χ1v) is 5.89. The van der Waals surface area contributed by atoms with Crippen LogP contribution in [0.5, 0.6) is 0 Å². The molecule has 2 heterocycles. The van der Waals surface area contributed by atoms with Gasteiger partial charge in [0.2, 0.25) is 0 Å². The molecule has 3 aromatic rings. The number of carboxylic acids is 1. The van der Waals surface area contributed by atoms with Gasteiger partial charge in [-0.1, -0.05) is 0 Å². The second kappa shape index (κ2) is 4.93. The molecule has 0 amide bonds. The van der Waals surface area contributed by atoms with E-state index in [1.807, 2.05) is 12.1 Å². The molecule has 0 aliphatic rings. The summed E-state index contributed by atoms with van der Waals surface area (Å²) in [5.41, 5.74) is 1.57. The average Bonchev–Trinajstić information content (AvgIpc) is 2.48. The third kappa shape index (κ3) is 2.26. The number of aromatic nitrogens is 3. The predicted molar refractivity (Wildman–Crippen MR) is 74.0 cm³/mol. The van der Waals surface area contributed by atoms with Crippen LogP contribution in [0.2, 0.25) is 0 Å². The molecule has 0 atom stereocenters. The van der Waals surface area contributed by atoms with Gasteiger partial charge in [-0.2, -0.15) is 0 Å². The van der Waals surface area contributed by atoms with E-state index in [1.54, 1.807) is 18.5 Å². The van der Waals surface area contributed by atoms with Crippen LogP contribution in [-0.4, -0.2) is 26.0 Å². The first kappa shape index (κ1) is 12.0. The van der Waals surface area contributed by atoms with Crippen LogP contribution in [0.25, 0.3) is 10.9 Å². The summed E-state index contributed by atoms with van der Waals surface area (Å²) in [4.78, 5) is 23.2. The Labute approximate surface area is 114 Å². The van der Waals surface area contributed by atoms with Crippen LogP contribution >= 0.6 is 0 Å². The number of nitrogens with zero attached hydrogens (tertiary/aromatic N) is 3. The van der Waals surface area contributed by atoms with E-state index >= 15 is 0 Å². The Bertz CT molecular complexity index is 774. The molecule has 2 aromatic heterocycles. The van der Waals surface area contributed by atoms with Gasteiger partial charge in [0.15, 0.2) is 0 Å². The van der Waals surface area contributed by atoms with E-state index in [-0.39, 0.29) is 5.56 Å². The monoisotopic (exact) mass is 266 g/mol. The maximum Gasteiger partial charge on any atom is 0.335 e. The summed E-state index contributed by atoms with van der Waals surface area (Å²) in [6.45, 7) is 0. The van der Waals surface area contributed by atoms with Crippen molar-refractivity contribution in [2.24, 2.45) is 0 Å². The van der Waals surface area contributed by atoms with E-state index in [2.05, 4.69) is 20.3 Å². The molecular weight excluding hydrogens is 256 g/mol. The molecule has 0 fully saturated rings. The van der Waals surface area contributed by atoms with Crippen LogP contribution in [0, 0.1) is 0 Å². The van der Waals surface area contributed by atoms with E-state index in [1.165, 1.54) is 18.5 Å². The molecule has 6 nitrogen and oxygen atoms in total. The first-order valence-electron chi connectivity index (χ1n) is 5.89. The lowest BCUT2D eigenvalue weighted by Gasteiger charge is -2.08. The predicted octanol–water partition coefficient (Wildman–Crippen LogP) is 2.47. The summed E-state index contributed by atoms with van der Waals surface area (Å²) in [5, 5.41) is 12.9. The Hall–Kier alpha value is -3.02. The van der Waals surface area contributed by atoms with E-state index in [0.29, 0.717) is 11.3 Å². The molecule has 0 bridgehead atoms. The zero-order valence-electron chi connectivity index (χ0n) is 10.3. The number of hydrogen-bond donors (Lipinski definition) is 2. The summed E-state index contributed by atoms with van der Waals surface area (Å²) in [6.07, 6.45) is 4.76. The highest BCUT2D eigenvalue weighted by Crippen LogP contribution is 2.23. The smallest absolute Gasteiger partial charge is 0.335 e. The molecule has 6 heteroatoms. The van der Waals surface area contributed by atoms with Gasteiger partial charge in [-0.15, -0.1) is 0 Å². The molecule has 0 radical (unpaired) electrons. The van der Waals surface area contributed by atoms with Crippen molar-refractivity contribution in [3.8, 4) is 0 Å². The largest absolute Gasteiger partial charge is 0.478 e. The third-order valence-corrected chi connectivity index (χ3v) is 2.81. The van der Waals surface area contributed by atoms with Gasteiger partial charge in [0.1, 0.15) is 12.1 Å². The van der Waals surface area contributed by atoms with Crippen molar-refractivity contribution in [2.45, 2.75) is 0 Å². The van der Waals surface area contributed by atoms with Crippen molar-refractivity contribution in [3.05, 3.63) is 54.6 Å². The topological polar surface area (TPSA) is 88.0 Å². The van der Waals surface area contributed by atoms with Crippen molar-refractivity contribution in [1.82, 2.24) is 15.0 Å². The Kier molecular flexibility index (Phi) is 2.96. The van der Waals surface area contributed by atoms with Crippen molar-refractivity contribution in [1.29, 1.82) is 0 Å². The standard InChI is InChI=1S/C14H10N4O2/c19-14(20)9-3-4-11-12(6-9)16-8-17-13(11)18-10-2-1-5-15-7-10/h1-8H,(H,19,20)(H,16,17,18). The van der Waals surface area contributed by atoms with Gasteiger partial charge in [-0.05, 0) is 30.3 Å². The summed E-state index contributed by atoms with van der Waals surface area (Å²) < 4.78 is 0. The quantitative estimate of drug-likeness (QED) is 0.757. The fourth-order valence-corrected chi connectivity index (χ4v) is 1.86. The lowest BCUT2D eigenvalue weighted by Crippen LogP contribution is -1.99. The number of pyridine rings is 1. The number of carbonyl (C=O) groups is 1. The zero-order chi connectivity index (χ0) is 13.9. The van der Waals surface area contributed by atoms with Gasteiger partial charge >= 0.3 is 5.97 Å². The Morgan fingerprint density at radius 3 is 2.85 bits per heavy atom. The van der Waals surface area contributed by atoms with Crippen LogP contribution in [0.1, 0.15) is 10.4 Å². The van der Waals surface area contributed by atoms with Crippen LogP contribution in [0.3, 0.4) is 0 Å². The van der Waals surface area contributed by atoms with Crippen molar-refractivity contribution in [2.75, 3.05) is 5.32 Å². The highest BCUT2D eigenvalue weighted by atomic mass is 16.4. The molecule has 0 saturated heterocycles. The second-order valence-corrected chi connectivity index (χ2v) is 4.13. The number of benzene rings is 1. The Morgan fingerprint density at radius 2 is 2.10 bits per heavy atom. The molecule has 3 rings (SSSR count).